The zero-order chi connectivity index (χ0) is 23.9. The Bertz CT molecular complexity index is 1240. The first-order valence-electron chi connectivity index (χ1n) is 11.7. The molecule has 1 aromatic carbocycles. The van der Waals surface area contributed by atoms with Crippen LogP contribution in [0.5, 0.6) is 0 Å². The first-order valence-corrected chi connectivity index (χ1v) is 11.7. The maximum Gasteiger partial charge on any atom is 0.307 e. The van der Waals surface area contributed by atoms with E-state index in [4.69, 9.17) is 4.74 Å². The second-order valence-electron chi connectivity index (χ2n) is 9.31. The van der Waals surface area contributed by atoms with Crippen molar-refractivity contribution < 1.29 is 23.8 Å². The fraction of sp³-hybridized carbons (Fsp3) is 0.423. The summed E-state index contributed by atoms with van der Waals surface area (Å²) in [6, 6.07) is 9.96. The number of hydrogen-bond donors (Lipinski definition) is 2. The molecule has 0 saturated carbocycles. The van der Waals surface area contributed by atoms with Crippen molar-refractivity contribution in [3.63, 3.8) is 0 Å². The van der Waals surface area contributed by atoms with E-state index in [0.29, 0.717) is 25.9 Å². The number of carbonyl (C=O) groups excluding carboxylic acids is 1. The molecule has 7 nitrogen and oxygen atoms in total. The summed E-state index contributed by atoms with van der Waals surface area (Å²) in [5.41, 5.74) is 2.63. The molecule has 1 fully saturated rings. The number of aryl methyl sites for hydroxylation is 1. The van der Waals surface area contributed by atoms with Crippen molar-refractivity contribution in [3.05, 3.63) is 65.2 Å². The Hall–Kier alpha value is -3.26. The number of ether oxygens (including phenoxy) is 1. The van der Waals surface area contributed by atoms with Crippen LogP contribution in [0.25, 0.3) is 11.0 Å². The Balaban J connectivity index is 1.48. The van der Waals surface area contributed by atoms with Crippen LogP contribution < -0.4 is 5.32 Å². The second kappa shape index (κ2) is 8.83. The van der Waals surface area contributed by atoms with Crippen molar-refractivity contribution in [3.8, 4) is 0 Å². The number of fused-ring (bicyclic) bond motifs is 3. The quantitative estimate of drug-likeness (QED) is 0.604. The van der Waals surface area contributed by atoms with Gasteiger partial charge in [-0.2, -0.15) is 0 Å². The molecule has 4 heterocycles. The molecule has 3 aromatic rings. The van der Waals surface area contributed by atoms with Gasteiger partial charge in [0.25, 0.3) is 0 Å². The minimum absolute atomic E-state index is 0.0550. The third-order valence-corrected chi connectivity index (χ3v) is 7.54. The number of nitrogens with zero attached hydrogens (tertiary/aromatic N) is 2. The van der Waals surface area contributed by atoms with E-state index >= 15 is 0 Å². The van der Waals surface area contributed by atoms with Crippen molar-refractivity contribution >= 4 is 22.9 Å². The van der Waals surface area contributed by atoms with Crippen molar-refractivity contribution in [1.82, 2.24) is 14.9 Å². The Morgan fingerprint density at radius 3 is 2.82 bits per heavy atom. The number of carboxylic acids is 1. The van der Waals surface area contributed by atoms with Gasteiger partial charge in [-0.1, -0.05) is 12.1 Å². The smallest absolute Gasteiger partial charge is 0.307 e. The summed E-state index contributed by atoms with van der Waals surface area (Å²) >= 11 is 0. The van der Waals surface area contributed by atoms with E-state index in [1.807, 2.05) is 12.1 Å². The summed E-state index contributed by atoms with van der Waals surface area (Å²) in [4.78, 5) is 29.3. The van der Waals surface area contributed by atoms with Gasteiger partial charge < -0.3 is 19.7 Å². The van der Waals surface area contributed by atoms with Gasteiger partial charge in [-0.15, -0.1) is 0 Å². The normalized spacial score (nSPS) is 24.5. The number of carbonyl (C=O) groups is 2. The lowest BCUT2D eigenvalue weighted by Gasteiger charge is -2.43. The van der Waals surface area contributed by atoms with Crippen molar-refractivity contribution in [2.45, 2.75) is 50.2 Å². The third-order valence-electron chi connectivity index (χ3n) is 7.54. The van der Waals surface area contributed by atoms with Crippen molar-refractivity contribution in [2.75, 3.05) is 13.7 Å². The van der Waals surface area contributed by atoms with Gasteiger partial charge in [-0.3, -0.25) is 9.59 Å². The molecule has 3 atom stereocenters. The number of aliphatic carboxylic acids is 1. The van der Waals surface area contributed by atoms with E-state index < -0.39 is 11.4 Å². The molecular weight excluding hydrogens is 437 g/mol. The van der Waals surface area contributed by atoms with Crippen LogP contribution >= 0.6 is 0 Å². The predicted molar refractivity (Wildman–Crippen MR) is 124 cm³/mol. The average molecular weight is 466 g/mol. The molecule has 0 aliphatic carbocycles. The summed E-state index contributed by atoms with van der Waals surface area (Å²) in [6.45, 7) is 1.15. The lowest BCUT2D eigenvalue weighted by Crippen LogP contribution is -2.51. The van der Waals surface area contributed by atoms with Gasteiger partial charge in [0.15, 0.2) is 0 Å². The Kier molecular flexibility index (Phi) is 5.85. The topological polar surface area (TPSA) is 93.5 Å². The number of likely N-dealkylation sites (N-methyl/N-ethyl adjacent to an activating group) is 1. The fourth-order valence-corrected chi connectivity index (χ4v) is 5.88. The van der Waals surface area contributed by atoms with Crippen LogP contribution in [0.15, 0.2) is 42.6 Å². The van der Waals surface area contributed by atoms with Crippen LogP contribution in [-0.4, -0.2) is 46.3 Å². The minimum atomic E-state index is -0.870. The van der Waals surface area contributed by atoms with Crippen LogP contribution in [0.4, 0.5) is 4.39 Å². The van der Waals surface area contributed by atoms with Crippen LogP contribution in [0.1, 0.15) is 36.1 Å². The number of amides is 1. The van der Waals surface area contributed by atoms with E-state index in [2.05, 4.69) is 14.9 Å². The summed E-state index contributed by atoms with van der Waals surface area (Å²) in [7, 11) is 1.63. The molecule has 1 amide bonds. The molecule has 1 saturated heterocycles. The molecule has 2 aromatic heterocycles. The Morgan fingerprint density at radius 1 is 1.29 bits per heavy atom. The highest BCUT2D eigenvalue weighted by atomic mass is 19.1. The molecular formula is C26H28FN3O4. The molecule has 0 spiro atoms. The zero-order valence-electron chi connectivity index (χ0n) is 19.1. The highest BCUT2D eigenvalue weighted by molar-refractivity contribution is 5.88. The fourth-order valence-electron chi connectivity index (χ4n) is 5.88. The molecule has 178 valence electrons. The highest BCUT2D eigenvalue weighted by Crippen LogP contribution is 2.43. The summed E-state index contributed by atoms with van der Waals surface area (Å²) in [5, 5.41) is 13.2. The number of aromatic nitrogens is 2. The molecule has 0 bridgehead atoms. The van der Waals surface area contributed by atoms with Gasteiger partial charge in [-0.25, -0.2) is 9.37 Å². The van der Waals surface area contributed by atoms with Gasteiger partial charge in [-0.05, 0) is 67.0 Å². The van der Waals surface area contributed by atoms with Gasteiger partial charge in [0, 0.05) is 37.5 Å². The van der Waals surface area contributed by atoms with E-state index in [1.54, 1.807) is 25.4 Å². The lowest BCUT2D eigenvalue weighted by atomic mass is 9.68. The van der Waals surface area contributed by atoms with Crippen LogP contribution in [0.2, 0.25) is 0 Å². The van der Waals surface area contributed by atoms with Crippen LogP contribution in [0.3, 0.4) is 0 Å². The average Bonchev–Trinajstić information content (AvgIpc) is 3.16. The Labute approximate surface area is 196 Å². The molecule has 2 aliphatic rings. The van der Waals surface area contributed by atoms with E-state index in [9.17, 15) is 19.1 Å². The number of halogens is 1. The molecule has 2 N–H and O–H groups in total. The number of nitrogens with one attached hydrogen (secondary N) is 1. The van der Waals surface area contributed by atoms with Gasteiger partial charge >= 0.3 is 5.97 Å². The monoisotopic (exact) mass is 465 g/mol. The number of benzene rings is 1. The third kappa shape index (κ3) is 3.76. The second-order valence-corrected chi connectivity index (χ2v) is 9.31. The van der Waals surface area contributed by atoms with Crippen LogP contribution in [0, 0.1) is 11.7 Å². The maximum absolute atomic E-state index is 13.6. The minimum Gasteiger partial charge on any atom is -0.481 e. The van der Waals surface area contributed by atoms with Gasteiger partial charge in [0.05, 0.1) is 17.9 Å². The van der Waals surface area contributed by atoms with Crippen LogP contribution in [-0.2, 0) is 39.1 Å². The maximum atomic E-state index is 13.6. The summed E-state index contributed by atoms with van der Waals surface area (Å²) in [5.74, 6) is -1.16. The SMILES string of the molecule is CNC(=O)C1(c2ccc(F)cc2)CCOC(C2CCn3c(c(CC(=O)O)c4cccnc43)C2)C1. The predicted octanol–water partition coefficient (Wildman–Crippen LogP) is 3.23. The van der Waals surface area contributed by atoms with E-state index in [1.165, 1.54) is 12.1 Å². The number of hydrogen-bond acceptors (Lipinski definition) is 4. The molecule has 2 aliphatic heterocycles. The standard InChI is InChI=1S/C26H28FN3O4/c1-28-25(33)26(17-4-6-18(27)7-5-17)9-12-34-22(15-26)16-8-11-30-21(13-16)20(14-23(31)32)19-3-2-10-29-24(19)30/h2-7,10,16,22H,8-9,11-15H2,1H3,(H,28,33)(H,31,32). The number of pyridine rings is 1. The molecule has 0 radical (unpaired) electrons. The van der Waals surface area contributed by atoms with E-state index in [0.717, 1.165) is 40.8 Å². The van der Waals surface area contributed by atoms with E-state index in [-0.39, 0.29) is 30.2 Å². The van der Waals surface area contributed by atoms with Crippen molar-refractivity contribution in [1.29, 1.82) is 0 Å². The van der Waals surface area contributed by atoms with Gasteiger partial charge in [0.2, 0.25) is 5.91 Å². The number of rotatable bonds is 5. The first kappa shape index (κ1) is 22.5. The summed E-state index contributed by atoms with van der Waals surface area (Å²) < 4.78 is 22.0. The molecule has 5 rings (SSSR count). The summed E-state index contributed by atoms with van der Waals surface area (Å²) in [6.07, 6.45) is 4.03. The van der Waals surface area contributed by atoms with Crippen molar-refractivity contribution in [2.24, 2.45) is 5.92 Å². The largest absolute Gasteiger partial charge is 0.481 e. The first-order chi connectivity index (χ1) is 16.4. The number of carboxylic acid groups (broad SMARTS) is 1. The lowest BCUT2D eigenvalue weighted by molar-refractivity contribution is -0.136. The molecule has 8 heteroatoms. The Morgan fingerprint density at radius 2 is 2.09 bits per heavy atom. The molecule has 3 unspecified atom stereocenters. The van der Waals surface area contributed by atoms with Gasteiger partial charge in [0.1, 0.15) is 11.5 Å². The highest BCUT2D eigenvalue weighted by Gasteiger charge is 2.47. The molecule has 34 heavy (non-hydrogen) atoms. The zero-order valence-corrected chi connectivity index (χ0v) is 19.1.